The number of carbonyl (C=O) groups is 1. The zero-order valence-corrected chi connectivity index (χ0v) is 16.4. The summed E-state index contributed by atoms with van der Waals surface area (Å²) in [5.41, 5.74) is 0.630. The van der Waals surface area contributed by atoms with E-state index in [1.165, 1.54) is 0 Å². The zero-order chi connectivity index (χ0) is 21.4. The topological polar surface area (TPSA) is 115 Å². The van der Waals surface area contributed by atoms with Crippen molar-refractivity contribution < 1.29 is 14.6 Å². The number of halogens is 1. The van der Waals surface area contributed by atoms with E-state index in [0.29, 0.717) is 6.42 Å². The number of carbonyl (C=O) groups excluding carboxylic acids is 1. The van der Waals surface area contributed by atoms with Crippen LogP contribution in [0, 0.1) is 20.2 Å². The number of fused-ring (bicyclic) bond motifs is 3. The smallest absolute Gasteiger partial charge is 0.295 e. The average Bonchev–Trinajstić information content (AvgIpc) is 2.73. The highest BCUT2D eigenvalue weighted by Gasteiger charge is 2.29. The van der Waals surface area contributed by atoms with Crippen LogP contribution >= 0.6 is 11.6 Å². The first-order valence-electron chi connectivity index (χ1n) is 9.30. The minimum Gasteiger partial charge on any atom is -0.345 e. The van der Waals surface area contributed by atoms with E-state index < -0.39 is 32.2 Å². The van der Waals surface area contributed by atoms with Gasteiger partial charge in [0.15, 0.2) is 5.02 Å². The number of rotatable bonds is 4. The maximum absolute atomic E-state index is 12.9. The van der Waals surface area contributed by atoms with E-state index in [-0.39, 0.29) is 11.6 Å². The second kappa shape index (κ2) is 7.72. The number of aryl methyl sites for hydroxylation is 1. The SMILES string of the molecule is O=C(N[C@H]1CCCc2ccc3ccccc3c21)c1cc([N+](=O)[O-])c(Cl)c([N+](=O)[O-])c1. The Morgan fingerprint density at radius 1 is 1.03 bits per heavy atom. The number of hydrogen-bond donors (Lipinski definition) is 1. The fourth-order valence-electron chi connectivity index (χ4n) is 3.99. The van der Waals surface area contributed by atoms with Crippen LogP contribution in [0.5, 0.6) is 0 Å². The standard InChI is InChI=1S/C21H16ClN3O5/c22-20-17(24(27)28)10-14(11-18(20)25(29)30)21(26)23-16-7-3-5-13-9-8-12-4-1-2-6-15(12)19(13)16/h1-2,4,6,8-11,16H,3,5,7H2,(H,23,26)/t16-/m0/s1. The molecule has 152 valence electrons. The van der Waals surface area contributed by atoms with Crippen molar-refractivity contribution in [1.29, 1.82) is 0 Å². The predicted molar refractivity (Wildman–Crippen MR) is 112 cm³/mol. The molecule has 0 heterocycles. The van der Waals surface area contributed by atoms with Crippen LogP contribution in [0.15, 0.2) is 48.5 Å². The number of benzene rings is 3. The van der Waals surface area contributed by atoms with Crippen molar-refractivity contribution in [3.8, 4) is 0 Å². The summed E-state index contributed by atoms with van der Waals surface area (Å²) in [7, 11) is 0. The lowest BCUT2D eigenvalue weighted by Crippen LogP contribution is -2.31. The Labute approximate surface area is 175 Å². The molecule has 0 radical (unpaired) electrons. The van der Waals surface area contributed by atoms with Crippen molar-refractivity contribution in [3.63, 3.8) is 0 Å². The molecule has 9 heteroatoms. The Kier molecular flexibility index (Phi) is 5.09. The number of nitrogens with zero attached hydrogens (tertiary/aromatic N) is 2. The second-order valence-electron chi connectivity index (χ2n) is 7.12. The summed E-state index contributed by atoms with van der Waals surface area (Å²) in [4.78, 5) is 33.7. The van der Waals surface area contributed by atoms with Gasteiger partial charge in [-0.15, -0.1) is 0 Å². The molecule has 1 amide bonds. The molecule has 1 atom stereocenters. The van der Waals surface area contributed by atoms with Gasteiger partial charge in [-0.3, -0.25) is 25.0 Å². The van der Waals surface area contributed by atoms with Crippen molar-refractivity contribution >= 4 is 39.7 Å². The fourth-order valence-corrected chi connectivity index (χ4v) is 4.24. The molecule has 0 spiro atoms. The Bertz CT molecular complexity index is 1180. The summed E-state index contributed by atoms with van der Waals surface area (Å²) in [6.07, 6.45) is 2.46. The third kappa shape index (κ3) is 3.46. The molecule has 30 heavy (non-hydrogen) atoms. The molecule has 0 unspecified atom stereocenters. The summed E-state index contributed by atoms with van der Waals surface area (Å²) < 4.78 is 0. The summed E-state index contributed by atoms with van der Waals surface area (Å²) >= 11 is 5.78. The average molecular weight is 426 g/mol. The second-order valence-corrected chi connectivity index (χ2v) is 7.50. The van der Waals surface area contributed by atoms with Crippen LogP contribution in [0.3, 0.4) is 0 Å². The molecule has 0 aliphatic heterocycles. The maximum atomic E-state index is 12.9. The van der Waals surface area contributed by atoms with Gasteiger partial charge < -0.3 is 5.32 Å². The van der Waals surface area contributed by atoms with Crippen LogP contribution in [0.2, 0.25) is 5.02 Å². The molecule has 0 aromatic heterocycles. The molecule has 1 aliphatic carbocycles. The van der Waals surface area contributed by atoms with E-state index in [1.54, 1.807) is 0 Å². The number of nitro groups is 2. The Balaban J connectivity index is 1.74. The maximum Gasteiger partial charge on any atom is 0.295 e. The molecule has 3 aromatic rings. The van der Waals surface area contributed by atoms with E-state index in [4.69, 9.17) is 11.6 Å². The van der Waals surface area contributed by atoms with Gasteiger partial charge in [0.05, 0.1) is 21.5 Å². The number of hydrogen-bond acceptors (Lipinski definition) is 5. The largest absolute Gasteiger partial charge is 0.345 e. The molecule has 4 rings (SSSR count). The van der Waals surface area contributed by atoms with Crippen LogP contribution in [0.4, 0.5) is 11.4 Å². The third-order valence-corrected chi connectivity index (χ3v) is 5.73. The van der Waals surface area contributed by atoms with Gasteiger partial charge in [-0.05, 0) is 41.2 Å². The van der Waals surface area contributed by atoms with Gasteiger partial charge >= 0.3 is 0 Å². The molecular formula is C21H16ClN3O5. The van der Waals surface area contributed by atoms with Gasteiger partial charge in [0.25, 0.3) is 17.3 Å². The number of amides is 1. The summed E-state index contributed by atoms with van der Waals surface area (Å²) in [6, 6.07) is 13.6. The number of nitro benzene ring substituents is 2. The van der Waals surface area contributed by atoms with Crippen molar-refractivity contribution in [2.24, 2.45) is 0 Å². The first-order valence-corrected chi connectivity index (χ1v) is 9.68. The zero-order valence-electron chi connectivity index (χ0n) is 15.6. The van der Waals surface area contributed by atoms with Gasteiger partial charge in [0, 0.05) is 12.1 Å². The minimum atomic E-state index is -0.838. The first-order chi connectivity index (χ1) is 14.4. The normalized spacial score (nSPS) is 15.4. The fraction of sp³-hybridized carbons (Fsp3) is 0.190. The van der Waals surface area contributed by atoms with E-state index >= 15 is 0 Å². The van der Waals surface area contributed by atoms with Gasteiger partial charge in [0.2, 0.25) is 0 Å². The summed E-state index contributed by atoms with van der Waals surface area (Å²) in [5, 5.41) is 26.9. The van der Waals surface area contributed by atoms with Crippen molar-refractivity contribution in [3.05, 3.63) is 90.5 Å². The summed E-state index contributed by atoms with van der Waals surface area (Å²) in [5.74, 6) is -0.622. The van der Waals surface area contributed by atoms with E-state index in [2.05, 4.69) is 5.32 Å². The van der Waals surface area contributed by atoms with E-state index in [1.807, 2.05) is 36.4 Å². The van der Waals surface area contributed by atoms with Crippen molar-refractivity contribution in [1.82, 2.24) is 5.32 Å². The third-order valence-electron chi connectivity index (χ3n) is 5.34. The van der Waals surface area contributed by atoms with Crippen LogP contribution < -0.4 is 5.32 Å². The Morgan fingerprint density at radius 2 is 1.70 bits per heavy atom. The van der Waals surface area contributed by atoms with Crippen LogP contribution in [0.25, 0.3) is 10.8 Å². The summed E-state index contributed by atoms with van der Waals surface area (Å²) in [6.45, 7) is 0. The van der Waals surface area contributed by atoms with E-state index in [0.717, 1.165) is 46.9 Å². The predicted octanol–water partition coefficient (Wildman–Crippen LogP) is 5.12. The Hall–Kier alpha value is -3.52. The molecular weight excluding hydrogens is 410 g/mol. The molecule has 0 bridgehead atoms. The van der Waals surface area contributed by atoms with Crippen molar-refractivity contribution in [2.45, 2.75) is 25.3 Å². The van der Waals surface area contributed by atoms with Crippen LogP contribution in [0.1, 0.15) is 40.4 Å². The number of nitrogens with one attached hydrogen (secondary N) is 1. The van der Waals surface area contributed by atoms with Crippen LogP contribution in [-0.4, -0.2) is 15.8 Å². The molecule has 1 aliphatic rings. The molecule has 0 saturated heterocycles. The van der Waals surface area contributed by atoms with Gasteiger partial charge in [-0.2, -0.15) is 0 Å². The lowest BCUT2D eigenvalue weighted by Gasteiger charge is -2.28. The molecule has 0 saturated carbocycles. The van der Waals surface area contributed by atoms with Gasteiger partial charge in [0.1, 0.15) is 0 Å². The molecule has 1 N–H and O–H groups in total. The minimum absolute atomic E-state index is 0.176. The molecule has 8 nitrogen and oxygen atoms in total. The quantitative estimate of drug-likeness (QED) is 0.460. The lowest BCUT2D eigenvalue weighted by atomic mass is 9.84. The van der Waals surface area contributed by atoms with Gasteiger partial charge in [-0.25, -0.2) is 0 Å². The lowest BCUT2D eigenvalue weighted by molar-refractivity contribution is -0.393. The molecule has 3 aromatic carbocycles. The highest BCUT2D eigenvalue weighted by molar-refractivity contribution is 6.35. The monoisotopic (exact) mass is 425 g/mol. The highest BCUT2D eigenvalue weighted by Crippen LogP contribution is 2.37. The highest BCUT2D eigenvalue weighted by atomic mass is 35.5. The first kappa shape index (κ1) is 19.8. The molecule has 0 fully saturated rings. The van der Waals surface area contributed by atoms with Gasteiger partial charge in [-0.1, -0.05) is 48.0 Å². The van der Waals surface area contributed by atoms with Crippen LogP contribution in [-0.2, 0) is 6.42 Å². The van der Waals surface area contributed by atoms with Crippen molar-refractivity contribution in [2.75, 3.05) is 0 Å². The van der Waals surface area contributed by atoms with E-state index in [9.17, 15) is 25.0 Å². The Morgan fingerprint density at radius 3 is 2.37 bits per heavy atom.